The molecule has 0 aliphatic carbocycles. The van der Waals surface area contributed by atoms with Gasteiger partial charge in [-0.05, 0) is 36.2 Å². The van der Waals surface area contributed by atoms with Crippen molar-refractivity contribution in [3.63, 3.8) is 0 Å². The van der Waals surface area contributed by atoms with Gasteiger partial charge in [0.1, 0.15) is 5.82 Å². The Hall–Kier alpha value is -3.12. The lowest BCUT2D eigenvalue weighted by atomic mass is 10.1. The zero-order chi connectivity index (χ0) is 20.8. The molecule has 0 fully saturated rings. The van der Waals surface area contributed by atoms with Crippen LogP contribution < -0.4 is 11.1 Å². The summed E-state index contributed by atoms with van der Waals surface area (Å²) in [6.45, 7) is 6.01. The van der Waals surface area contributed by atoms with E-state index in [1.54, 1.807) is 0 Å². The first-order chi connectivity index (χ1) is 14.1. The van der Waals surface area contributed by atoms with Crippen molar-refractivity contribution < 1.29 is 4.79 Å². The fraction of sp³-hybridized carbons (Fsp3) is 0.304. The molecule has 0 saturated heterocycles. The third-order valence-corrected chi connectivity index (χ3v) is 4.77. The summed E-state index contributed by atoms with van der Waals surface area (Å²) in [6, 6.07) is 13.4. The van der Waals surface area contributed by atoms with Crippen LogP contribution in [-0.4, -0.2) is 26.9 Å². The smallest absolute Gasteiger partial charge is 0.241 e. The molecule has 1 amide bonds. The second kappa shape index (κ2) is 9.39. The molecule has 0 radical (unpaired) electrons. The van der Waals surface area contributed by atoms with Gasteiger partial charge in [-0.1, -0.05) is 45.4 Å². The van der Waals surface area contributed by atoms with Crippen LogP contribution in [0.3, 0.4) is 0 Å². The number of para-hydroxylation sites is 1. The summed E-state index contributed by atoms with van der Waals surface area (Å²) in [5.41, 5.74) is 10.7. The highest BCUT2D eigenvalue weighted by atomic mass is 16.2. The van der Waals surface area contributed by atoms with E-state index in [9.17, 15) is 4.79 Å². The van der Waals surface area contributed by atoms with E-state index in [0.717, 1.165) is 34.5 Å². The topological polar surface area (TPSA) is 99.6 Å². The summed E-state index contributed by atoms with van der Waals surface area (Å²) >= 11 is 0. The second-order valence-electron chi connectivity index (χ2n) is 6.84. The number of amides is 1. The van der Waals surface area contributed by atoms with Crippen molar-refractivity contribution in [2.75, 3.05) is 5.32 Å². The second-order valence-corrected chi connectivity index (χ2v) is 6.84. The predicted molar refractivity (Wildman–Crippen MR) is 120 cm³/mol. The average Bonchev–Trinajstić information content (AvgIpc) is 3.33. The molecule has 6 nitrogen and oxygen atoms in total. The number of aromatic amines is 2. The molecule has 5 N–H and O–H groups in total. The van der Waals surface area contributed by atoms with E-state index < -0.39 is 6.04 Å². The molecule has 2 aromatic carbocycles. The van der Waals surface area contributed by atoms with Gasteiger partial charge in [0.2, 0.25) is 5.91 Å². The Labute approximate surface area is 170 Å². The lowest BCUT2D eigenvalue weighted by Crippen LogP contribution is -2.35. The molecule has 2 heterocycles. The summed E-state index contributed by atoms with van der Waals surface area (Å²) < 4.78 is 0. The Morgan fingerprint density at radius 3 is 2.76 bits per heavy atom. The Balaban J connectivity index is 0.00000117. The van der Waals surface area contributed by atoms with Gasteiger partial charge >= 0.3 is 0 Å². The first-order valence-electron chi connectivity index (χ1n) is 10.2. The molecule has 29 heavy (non-hydrogen) atoms. The maximum absolute atomic E-state index is 12.1. The number of imidazole rings is 1. The fourth-order valence-electron chi connectivity index (χ4n) is 3.36. The Kier molecular flexibility index (Phi) is 6.67. The molecular weight excluding hydrogens is 362 g/mol. The number of hydrogen-bond acceptors (Lipinski definition) is 3. The van der Waals surface area contributed by atoms with Gasteiger partial charge in [0.05, 0.1) is 17.1 Å². The van der Waals surface area contributed by atoms with E-state index in [-0.39, 0.29) is 5.91 Å². The van der Waals surface area contributed by atoms with Crippen LogP contribution in [0.5, 0.6) is 0 Å². The number of aromatic nitrogens is 3. The largest absolute Gasteiger partial charge is 0.361 e. The summed E-state index contributed by atoms with van der Waals surface area (Å²) in [7, 11) is 0. The molecule has 6 heteroatoms. The molecule has 0 saturated carbocycles. The molecule has 0 spiro atoms. The minimum Gasteiger partial charge on any atom is -0.361 e. The highest BCUT2D eigenvalue weighted by Gasteiger charge is 2.13. The van der Waals surface area contributed by atoms with Gasteiger partial charge in [0.15, 0.2) is 0 Å². The third-order valence-electron chi connectivity index (χ3n) is 4.77. The number of carbonyl (C=O) groups is 1. The molecule has 4 aromatic rings. The van der Waals surface area contributed by atoms with Crippen LogP contribution in [0.25, 0.3) is 21.9 Å². The van der Waals surface area contributed by atoms with Gasteiger partial charge in [-0.3, -0.25) is 4.79 Å². The van der Waals surface area contributed by atoms with Crippen molar-refractivity contribution >= 4 is 33.5 Å². The van der Waals surface area contributed by atoms with Crippen LogP contribution in [0.15, 0.2) is 48.7 Å². The van der Waals surface area contributed by atoms with Crippen molar-refractivity contribution in [1.82, 2.24) is 15.0 Å². The van der Waals surface area contributed by atoms with E-state index in [1.807, 2.05) is 57.3 Å². The molecule has 0 aliphatic rings. The monoisotopic (exact) mass is 391 g/mol. The van der Waals surface area contributed by atoms with E-state index in [1.165, 1.54) is 10.9 Å². The molecular formula is C23H29N5O. The molecule has 152 valence electrons. The number of nitrogens with two attached hydrogens (primary N) is 1. The maximum Gasteiger partial charge on any atom is 0.241 e. The molecule has 0 aliphatic heterocycles. The summed E-state index contributed by atoms with van der Waals surface area (Å²) in [5, 5.41) is 4.09. The predicted octanol–water partition coefficient (Wildman–Crippen LogP) is 4.73. The lowest BCUT2D eigenvalue weighted by Gasteiger charge is -2.10. The minimum atomic E-state index is -0.482. The standard InChI is InChI=1S/C21H23N5O.C2H6/c1-2-5-16(22)21(27)24-14-8-9-18-19(11-14)26-20(25-18)10-13-12-23-17-7-4-3-6-15(13)17;1-2/h3-4,6-9,11-12,16,23H,2,5,10,22H2,1H3,(H,24,27)(H,25,26);1-2H3. The van der Waals surface area contributed by atoms with Crippen molar-refractivity contribution in [2.24, 2.45) is 5.73 Å². The van der Waals surface area contributed by atoms with Gasteiger partial charge in [0.25, 0.3) is 0 Å². The zero-order valence-corrected chi connectivity index (χ0v) is 17.3. The van der Waals surface area contributed by atoms with Crippen LogP contribution in [0, 0.1) is 0 Å². The fourth-order valence-corrected chi connectivity index (χ4v) is 3.36. The van der Waals surface area contributed by atoms with Gasteiger partial charge in [-0.2, -0.15) is 0 Å². The minimum absolute atomic E-state index is 0.158. The Morgan fingerprint density at radius 1 is 1.17 bits per heavy atom. The van der Waals surface area contributed by atoms with Gasteiger partial charge in [-0.15, -0.1) is 0 Å². The van der Waals surface area contributed by atoms with Crippen LogP contribution in [-0.2, 0) is 11.2 Å². The van der Waals surface area contributed by atoms with Crippen LogP contribution >= 0.6 is 0 Å². The van der Waals surface area contributed by atoms with Gasteiger partial charge in [0, 0.05) is 29.2 Å². The van der Waals surface area contributed by atoms with Crippen LogP contribution in [0.2, 0.25) is 0 Å². The maximum atomic E-state index is 12.1. The first kappa shape index (κ1) is 20.6. The highest BCUT2D eigenvalue weighted by molar-refractivity contribution is 5.96. The lowest BCUT2D eigenvalue weighted by molar-refractivity contribution is -0.117. The quantitative estimate of drug-likeness (QED) is 0.382. The molecule has 1 atom stereocenters. The third kappa shape index (κ3) is 4.66. The van der Waals surface area contributed by atoms with Crippen molar-refractivity contribution in [2.45, 2.75) is 46.1 Å². The summed E-state index contributed by atoms with van der Waals surface area (Å²) in [4.78, 5) is 23.4. The Bertz CT molecular complexity index is 1090. The molecule has 2 aromatic heterocycles. The van der Waals surface area contributed by atoms with E-state index in [2.05, 4.69) is 32.4 Å². The number of anilines is 1. The zero-order valence-electron chi connectivity index (χ0n) is 17.3. The number of benzene rings is 2. The van der Waals surface area contributed by atoms with E-state index >= 15 is 0 Å². The number of H-pyrrole nitrogens is 2. The van der Waals surface area contributed by atoms with Crippen LogP contribution in [0.1, 0.15) is 45.0 Å². The SMILES string of the molecule is CC.CCCC(N)C(=O)Nc1ccc2nc(Cc3c[nH]c4ccccc34)[nH]c2c1. The Morgan fingerprint density at radius 2 is 1.97 bits per heavy atom. The van der Waals surface area contributed by atoms with E-state index in [0.29, 0.717) is 12.8 Å². The van der Waals surface area contributed by atoms with Gasteiger partial charge in [-0.25, -0.2) is 4.98 Å². The number of rotatable bonds is 6. The summed E-state index contributed by atoms with van der Waals surface area (Å²) in [5.74, 6) is 0.732. The highest BCUT2D eigenvalue weighted by Crippen LogP contribution is 2.22. The molecule has 1 unspecified atom stereocenters. The van der Waals surface area contributed by atoms with Crippen LogP contribution in [0.4, 0.5) is 5.69 Å². The number of hydrogen-bond donors (Lipinski definition) is 4. The van der Waals surface area contributed by atoms with E-state index in [4.69, 9.17) is 5.73 Å². The summed E-state index contributed by atoms with van der Waals surface area (Å²) in [6.07, 6.45) is 4.29. The number of nitrogens with one attached hydrogen (secondary N) is 3. The normalized spacial score (nSPS) is 11.9. The molecule has 0 bridgehead atoms. The average molecular weight is 392 g/mol. The molecule has 4 rings (SSSR count). The number of carbonyl (C=O) groups excluding carboxylic acids is 1. The van der Waals surface area contributed by atoms with Crippen molar-refractivity contribution in [1.29, 1.82) is 0 Å². The van der Waals surface area contributed by atoms with Crippen molar-refractivity contribution in [3.8, 4) is 0 Å². The number of nitrogens with zero attached hydrogens (tertiary/aromatic N) is 1. The number of fused-ring (bicyclic) bond motifs is 2. The van der Waals surface area contributed by atoms with Crippen molar-refractivity contribution in [3.05, 3.63) is 60.0 Å². The first-order valence-corrected chi connectivity index (χ1v) is 10.2. The van der Waals surface area contributed by atoms with Gasteiger partial charge < -0.3 is 21.0 Å².